The van der Waals surface area contributed by atoms with Crippen molar-refractivity contribution >= 4 is 0 Å². The van der Waals surface area contributed by atoms with Crippen LogP contribution in [0.15, 0.2) is 18.5 Å². The van der Waals surface area contributed by atoms with Crippen LogP contribution in [0, 0.1) is 0 Å². The molecule has 80 valence electrons. The summed E-state index contributed by atoms with van der Waals surface area (Å²) in [6.45, 7) is 5.92. The number of nitrogens with zero attached hydrogens (tertiary/aromatic N) is 1. The highest BCUT2D eigenvalue weighted by Gasteiger charge is 1.95. The topological polar surface area (TPSA) is 26.2 Å². The lowest BCUT2D eigenvalue weighted by molar-refractivity contribution is 0.199. The minimum atomic E-state index is 0.773. The van der Waals surface area contributed by atoms with Crippen molar-refractivity contribution in [1.82, 2.24) is 9.88 Å². The second kappa shape index (κ2) is 6.62. The van der Waals surface area contributed by atoms with Gasteiger partial charge in [-0.05, 0) is 18.1 Å². The molecule has 0 atom stereocenters. The molecule has 0 saturated carbocycles. The van der Waals surface area contributed by atoms with Gasteiger partial charge in [0.15, 0.2) is 0 Å². The summed E-state index contributed by atoms with van der Waals surface area (Å²) < 4.78 is 7.19. The second-order valence-corrected chi connectivity index (χ2v) is 3.43. The number of methoxy groups -OCH3 is 1. The van der Waals surface area contributed by atoms with Gasteiger partial charge in [-0.15, -0.1) is 0 Å². The van der Waals surface area contributed by atoms with Crippen molar-refractivity contribution in [3.8, 4) is 0 Å². The van der Waals surface area contributed by atoms with Gasteiger partial charge >= 0.3 is 0 Å². The summed E-state index contributed by atoms with van der Waals surface area (Å²) in [4.78, 5) is 0. The van der Waals surface area contributed by atoms with Gasteiger partial charge in [-0.25, -0.2) is 0 Å². The third kappa shape index (κ3) is 3.94. The molecule has 1 aromatic heterocycles. The molecule has 1 N–H and O–H groups in total. The number of hydrogen-bond donors (Lipinski definition) is 1. The maximum absolute atomic E-state index is 4.96. The lowest BCUT2D eigenvalue weighted by atomic mass is 10.3. The third-order valence-corrected chi connectivity index (χ3v) is 2.11. The first-order valence-electron chi connectivity index (χ1n) is 5.21. The molecule has 0 spiro atoms. The Morgan fingerprint density at radius 2 is 2.36 bits per heavy atom. The van der Waals surface area contributed by atoms with E-state index >= 15 is 0 Å². The highest BCUT2D eigenvalue weighted by molar-refractivity contribution is 5.09. The fourth-order valence-corrected chi connectivity index (χ4v) is 1.40. The van der Waals surface area contributed by atoms with Gasteiger partial charge in [0.2, 0.25) is 0 Å². The summed E-state index contributed by atoms with van der Waals surface area (Å²) in [6.07, 6.45) is 5.52. The van der Waals surface area contributed by atoms with Crippen LogP contribution >= 0.6 is 0 Å². The van der Waals surface area contributed by atoms with E-state index < -0.39 is 0 Å². The van der Waals surface area contributed by atoms with Gasteiger partial charge in [0.1, 0.15) is 0 Å². The van der Waals surface area contributed by atoms with Crippen LogP contribution < -0.4 is 5.32 Å². The van der Waals surface area contributed by atoms with Gasteiger partial charge in [-0.3, -0.25) is 0 Å². The van der Waals surface area contributed by atoms with Gasteiger partial charge in [0.05, 0.1) is 6.61 Å². The third-order valence-electron chi connectivity index (χ3n) is 2.11. The summed E-state index contributed by atoms with van der Waals surface area (Å²) in [5.74, 6) is 0. The lowest BCUT2D eigenvalue weighted by Gasteiger charge is -2.01. The molecule has 0 fully saturated rings. The largest absolute Gasteiger partial charge is 0.383 e. The second-order valence-electron chi connectivity index (χ2n) is 3.43. The molecule has 0 aromatic carbocycles. The van der Waals surface area contributed by atoms with Crippen LogP contribution in [0.3, 0.4) is 0 Å². The van der Waals surface area contributed by atoms with Crippen LogP contribution in [0.25, 0.3) is 0 Å². The zero-order chi connectivity index (χ0) is 10.2. The molecule has 0 aliphatic heterocycles. The predicted octanol–water partition coefficient (Wildman–Crippen LogP) is 1.63. The summed E-state index contributed by atoms with van der Waals surface area (Å²) in [5, 5.41) is 3.32. The Bertz CT molecular complexity index is 245. The van der Waals surface area contributed by atoms with Gasteiger partial charge in [0.25, 0.3) is 0 Å². The van der Waals surface area contributed by atoms with Crippen molar-refractivity contribution in [3.63, 3.8) is 0 Å². The van der Waals surface area contributed by atoms with Crippen molar-refractivity contribution in [1.29, 1.82) is 0 Å². The fraction of sp³-hybridized carbons (Fsp3) is 0.636. The molecule has 0 unspecified atom stereocenters. The lowest BCUT2D eigenvalue weighted by Crippen LogP contribution is -2.18. The zero-order valence-electron chi connectivity index (χ0n) is 9.12. The molecular weight excluding hydrogens is 176 g/mol. The van der Waals surface area contributed by atoms with E-state index in [0.29, 0.717) is 0 Å². The maximum atomic E-state index is 4.96. The number of aromatic nitrogens is 1. The van der Waals surface area contributed by atoms with Crippen LogP contribution in [-0.4, -0.2) is 24.8 Å². The molecule has 0 bridgehead atoms. The van der Waals surface area contributed by atoms with E-state index in [1.54, 1.807) is 7.11 Å². The number of rotatable bonds is 7. The fourth-order valence-electron chi connectivity index (χ4n) is 1.40. The Balaban J connectivity index is 2.22. The van der Waals surface area contributed by atoms with E-state index in [1.807, 2.05) is 0 Å². The van der Waals surface area contributed by atoms with Crippen molar-refractivity contribution in [2.75, 3.05) is 20.3 Å². The molecule has 1 rings (SSSR count). The molecular formula is C11H20N2O. The van der Waals surface area contributed by atoms with Crippen LogP contribution in [0.2, 0.25) is 0 Å². The Morgan fingerprint density at radius 3 is 3.07 bits per heavy atom. The molecule has 0 saturated heterocycles. The molecule has 3 nitrogen and oxygen atoms in total. The highest BCUT2D eigenvalue weighted by Crippen LogP contribution is 2.01. The number of hydrogen-bond acceptors (Lipinski definition) is 2. The number of aryl methyl sites for hydroxylation is 1. The summed E-state index contributed by atoms with van der Waals surface area (Å²) in [7, 11) is 1.72. The number of nitrogens with one attached hydrogen (secondary N) is 1. The zero-order valence-corrected chi connectivity index (χ0v) is 9.12. The Morgan fingerprint density at radius 1 is 1.50 bits per heavy atom. The van der Waals surface area contributed by atoms with Crippen molar-refractivity contribution < 1.29 is 4.74 Å². The predicted molar refractivity (Wildman–Crippen MR) is 58.3 cm³/mol. The van der Waals surface area contributed by atoms with E-state index in [4.69, 9.17) is 4.74 Å². The minimum Gasteiger partial charge on any atom is -0.383 e. The van der Waals surface area contributed by atoms with Gasteiger partial charge in [-0.1, -0.05) is 6.92 Å². The van der Waals surface area contributed by atoms with Crippen molar-refractivity contribution in [2.24, 2.45) is 0 Å². The van der Waals surface area contributed by atoms with Crippen molar-refractivity contribution in [3.05, 3.63) is 24.0 Å². The first-order chi connectivity index (χ1) is 6.86. The first kappa shape index (κ1) is 11.3. The van der Waals surface area contributed by atoms with Gasteiger partial charge in [-0.2, -0.15) is 0 Å². The average Bonchev–Trinajstić information content (AvgIpc) is 2.61. The molecule has 0 amide bonds. The summed E-state index contributed by atoms with van der Waals surface area (Å²) in [6, 6.07) is 2.16. The van der Waals surface area contributed by atoms with E-state index in [1.165, 1.54) is 12.0 Å². The van der Waals surface area contributed by atoms with E-state index in [0.717, 1.165) is 26.2 Å². The monoisotopic (exact) mass is 196 g/mol. The normalized spacial score (nSPS) is 10.7. The van der Waals surface area contributed by atoms with Crippen LogP contribution in [0.1, 0.15) is 18.9 Å². The Hall–Kier alpha value is -0.800. The van der Waals surface area contributed by atoms with Gasteiger partial charge < -0.3 is 14.6 Å². The van der Waals surface area contributed by atoms with Crippen molar-refractivity contribution in [2.45, 2.75) is 26.4 Å². The average molecular weight is 196 g/mol. The molecule has 0 aliphatic carbocycles. The Kier molecular flexibility index (Phi) is 5.33. The molecule has 1 aromatic rings. The first-order valence-corrected chi connectivity index (χ1v) is 5.21. The van der Waals surface area contributed by atoms with Crippen LogP contribution in [-0.2, 0) is 17.8 Å². The molecule has 1 heterocycles. The maximum Gasteiger partial charge on any atom is 0.0587 e. The van der Waals surface area contributed by atoms with Gasteiger partial charge in [0, 0.05) is 39.1 Å². The molecule has 0 radical (unpaired) electrons. The van der Waals surface area contributed by atoms with Crippen LogP contribution in [0.5, 0.6) is 0 Å². The molecule has 3 heteroatoms. The highest BCUT2D eigenvalue weighted by atomic mass is 16.5. The Labute approximate surface area is 86.1 Å². The van der Waals surface area contributed by atoms with E-state index in [-0.39, 0.29) is 0 Å². The molecule has 0 aliphatic rings. The van der Waals surface area contributed by atoms with Crippen LogP contribution in [0.4, 0.5) is 0 Å². The number of ether oxygens (including phenoxy) is 1. The van der Waals surface area contributed by atoms with E-state index in [2.05, 4.69) is 35.3 Å². The quantitative estimate of drug-likeness (QED) is 0.671. The molecule has 14 heavy (non-hydrogen) atoms. The SMILES string of the molecule is CCCn1ccc(CNCCOC)c1. The van der Waals surface area contributed by atoms with E-state index in [9.17, 15) is 0 Å². The summed E-state index contributed by atoms with van der Waals surface area (Å²) >= 11 is 0. The standard InChI is InChI=1S/C11H20N2O/c1-3-6-13-7-4-11(10-13)9-12-5-8-14-2/h4,7,10,12H,3,5-6,8-9H2,1-2H3. The minimum absolute atomic E-state index is 0.773. The smallest absolute Gasteiger partial charge is 0.0587 e. The summed E-state index contributed by atoms with van der Waals surface area (Å²) in [5.41, 5.74) is 1.34.